The van der Waals surface area contributed by atoms with Gasteiger partial charge in [0.15, 0.2) is 11.5 Å². The van der Waals surface area contributed by atoms with Crippen molar-refractivity contribution in [1.82, 2.24) is 8.61 Å². The Balaban J connectivity index is 0.000000179. The monoisotopic (exact) mass is 828 g/mol. The Morgan fingerprint density at radius 2 is 0.881 bits per heavy atom. The highest BCUT2D eigenvalue weighted by Gasteiger charge is 2.40. The van der Waals surface area contributed by atoms with Gasteiger partial charge in [-0.2, -0.15) is 0 Å². The Morgan fingerprint density at radius 3 is 1.31 bits per heavy atom. The number of fused-ring (bicyclic) bond motifs is 4. The van der Waals surface area contributed by atoms with Gasteiger partial charge < -0.3 is 9.47 Å². The summed E-state index contributed by atoms with van der Waals surface area (Å²) in [5.41, 5.74) is 1.76. The number of ether oxygens (including phenoxy) is 2. The second kappa shape index (κ2) is 16.9. The number of carbonyl (C=O) groups excluding carboxylic acids is 2. The first kappa shape index (κ1) is 40.9. The molecule has 8 rings (SSSR count). The molecule has 0 aliphatic carbocycles. The van der Waals surface area contributed by atoms with Crippen LogP contribution in [0.3, 0.4) is 0 Å². The second-order valence-corrected chi connectivity index (χ2v) is 18.0. The summed E-state index contributed by atoms with van der Waals surface area (Å²) in [7, 11) is -4.90. The first-order valence-corrected chi connectivity index (χ1v) is 22.3. The van der Waals surface area contributed by atoms with Crippen molar-refractivity contribution in [2.45, 2.75) is 42.9 Å². The number of hydrogen-bond donors (Lipinski definition) is 0. The van der Waals surface area contributed by atoms with E-state index in [9.17, 15) is 26.4 Å². The molecule has 59 heavy (non-hydrogen) atoms. The van der Waals surface area contributed by atoms with E-state index in [0.29, 0.717) is 47.0 Å². The van der Waals surface area contributed by atoms with Crippen LogP contribution in [-0.2, 0) is 29.5 Å². The molecule has 10 nitrogen and oxygen atoms in total. The molecule has 6 aromatic carbocycles. The van der Waals surface area contributed by atoms with Crippen molar-refractivity contribution in [2.75, 3.05) is 27.3 Å². The van der Waals surface area contributed by atoms with Gasteiger partial charge in [0.1, 0.15) is 11.4 Å². The van der Waals surface area contributed by atoms with Crippen LogP contribution in [0.1, 0.15) is 65.0 Å². The average molecular weight is 829 g/mol. The Hall–Kier alpha value is -6.24. The third-order valence-electron chi connectivity index (χ3n) is 10.2. The summed E-state index contributed by atoms with van der Waals surface area (Å²) in [5.74, 6) is -0.150. The van der Waals surface area contributed by atoms with Crippen molar-refractivity contribution >= 4 is 64.7 Å². The van der Waals surface area contributed by atoms with E-state index in [2.05, 4.69) is 0 Å². The third kappa shape index (κ3) is 7.73. The molecule has 2 aliphatic rings. The zero-order chi connectivity index (χ0) is 41.9. The van der Waals surface area contributed by atoms with Crippen LogP contribution in [0.25, 0.3) is 33.1 Å². The first-order chi connectivity index (χ1) is 28.4. The van der Waals surface area contributed by atoms with Crippen molar-refractivity contribution in [1.29, 1.82) is 0 Å². The van der Waals surface area contributed by atoms with Gasteiger partial charge in [-0.25, -0.2) is 16.8 Å². The molecule has 0 spiro atoms. The molecule has 0 radical (unpaired) electrons. The number of ketones is 2. The Labute approximate surface area is 345 Å². The van der Waals surface area contributed by atoms with E-state index in [4.69, 9.17) is 9.47 Å². The minimum atomic E-state index is -3.85. The van der Waals surface area contributed by atoms with Gasteiger partial charge in [-0.3, -0.25) is 18.2 Å². The summed E-state index contributed by atoms with van der Waals surface area (Å²) in [6, 6.07) is 39.5. The Bertz CT molecular complexity index is 2900. The van der Waals surface area contributed by atoms with Crippen molar-refractivity contribution in [2.24, 2.45) is 0 Å². The summed E-state index contributed by atoms with van der Waals surface area (Å²) in [6.45, 7) is 4.79. The predicted octanol–water partition coefficient (Wildman–Crippen LogP) is 9.29. The van der Waals surface area contributed by atoms with E-state index in [1.165, 1.54) is 20.2 Å². The molecule has 6 aromatic rings. The molecule has 0 amide bonds. The summed E-state index contributed by atoms with van der Waals surface area (Å²) in [4.78, 5) is 27.3. The van der Waals surface area contributed by atoms with Gasteiger partial charge >= 0.3 is 0 Å². The van der Waals surface area contributed by atoms with Crippen molar-refractivity contribution in [3.05, 3.63) is 167 Å². The fourth-order valence-electron chi connectivity index (χ4n) is 7.08. The quantitative estimate of drug-likeness (QED) is 0.0935. The van der Waals surface area contributed by atoms with Crippen molar-refractivity contribution < 1.29 is 35.9 Å². The lowest BCUT2D eigenvalue weighted by Crippen LogP contribution is -2.35. The molecule has 0 saturated heterocycles. The van der Waals surface area contributed by atoms with Gasteiger partial charge in [-0.15, -0.1) is 0 Å². The van der Waals surface area contributed by atoms with E-state index in [0.717, 1.165) is 49.4 Å². The molecule has 302 valence electrons. The minimum absolute atomic E-state index is 0.0347. The fraction of sp³-hybridized carbons (Fsp3) is 0.191. The number of hydrogen-bond acceptors (Lipinski definition) is 8. The average Bonchev–Trinajstić information content (AvgIpc) is 3.26. The molecule has 12 heteroatoms. The van der Waals surface area contributed by atoms with Crippen LogP contribution in [0.2, 0.25) is 0 Å². The Kier molecular flexibility index (Phi) is 11.7. The van der Waals surface area contributed by atoms with Gasteiger partial charge in [0.2, 0.25) is 11.6 Å². The number of benzene rings is 6. The summed E-state index contributed by atoms with van der Waals surface area (Å²) >= 11 is 0. The SMILES string of the molecule is CCCCOC1=C(C(=O)c2ccc3ccccc3c2)N(C)S(=O)(=O)c2ccccc21.CCCOC1=C(C(=O)c2ccc3ccccc3c2)N(C)S(=O)(=O)c2ccccc21. The van der Waals surface area contributed by atoms with Crippen LogP contribution in [0, 0.1) is 0 Å². The van der Waals surface area contributed by atoms with Crippen molar-refractivity contribution in [3.63, 3.8) is 0 Å². The minimum Gasteiger partial charge on any atom is -0.491 e. The van der Waals surface area contributed by atoms with Crippen LogP contribution >= 0.6 is 0 Å². The number of nitrogens with zero attached hydrogens (tertiary/aromatic N) is 2. The molecular formula is C47H44N2O8S2. The third-order valence-corrected chi connectivity index (χ3v) is 13.9. The molecule has 0 saturated carbocycles. The van der Waals surface area contributed by atoms with Gasteiger partial charge in [-0.1, -0.05) is 117 Å². The van der Waals surface area contributed by atoms with Crippen LogP contribution in [0.4, 0.5) is 0 Å². The van der Waals surface area contributed by atoms with E-state index < -0.39 is 20.0 Å². The van der Waals surface area contributed by atoms with Gasteiger partial charge in [0, 0.05) is 36.3 Å². The molecule has 2 aliphatic heterocycles. The molecule has 0 aromatic heterocycles. The zero-order valence-electron chi connectivity index (χ0n) is 33.2. The number of carbonyl (C=O) groups is 2. The normalized spacial score (nSPS) is 15.3. The lowest BCUT2D eigenvalue weighted by molar-refractivity contribution is 0.0999. The van der Waals surface area contributed by atoms with E-state index in [-0.39, 0.29) is 32.8 Å². The molecule has 0 bridgehead atoms. The smallest absolute Gasteiger partial charge is 0.265 e. The van der Waals surface area contributed by atoms with Crippen LogP contribution < -0.4 is 0 Å². The lowest BCUT2D eigenvalue weighted by Gasteiger charge is -2.30. The van der Waals surface area contributed by atoms with Gasteiger partial charge in [0.25, 0.3) is 20.0 Å². The van der Waals surface area contributed by atoms with Gasteiger partial charge in [-0.05, 0) is 70.8 Å². The maximum atomic E-state index is 13.6. The molecule has 2 heterocycles. The topological polar surface area (TPSA) is 127 Å². The maximum Gasteiger partial charge on any atom is 0.265 e. The van der Waals surface area contributed by atoms with Crippen LogP contribution in [0.5, 0.6) is 0 Å². The fourth-order valence-corrected chi connectivity index (χ4v) is 9.86. The lowest BCUT2D eigenvalue weighted by atomic mass is 10.0. The zero-order valence-corrected chi connectivity index (χ0v) is 34.8. The number of unbranched alkanes of at least 4 members (excludes halogenated alkanes) is 1. The molecule has 0 fully saturated rings. The van der Waals surface area contributed by atoms with E-state index >= 15 is 0 Å². The maximum absolute atomic E-state index is 13.6. The number of sulfonamides is 2. The van der Waals surface area contributed by atoms with Crippen molar-refractivity contribution in [3.8, 4) is 0 Å². The standard InChI is InChI=1S/C24H23NO4S.C23H21NO4S/c1-3-4-15-29-24-20-11-7-8-12-21(20)30(27,28)25(2)22(24)23(26)19-14-13-17-9-5-6-10-18(17)16-19;1-3-14-28-23-19-10-6-7-11-20(19)29(26,27)24(2)21(23)22(25)18-13-12-16-8-4-5-9-17(16)15-18/h5-14,16H,3-4,15H2,1-2H3;4-13,15H,3,14H2,1-2H3. The summed E-state index contributed by atoms with van der Waals surface area (Å²) < 4.78 is 66.4. The van der Waals surface area contributed by atoms with Crippen LogP contribution in [0.15, 0.2) is 155 Å². The molecule has 0 unspecified atom stereocenters. The summed E-state index contributed by atoms with van der Waals surface area (Å²) in [6.07, 6.45) is 2.47. The predicted molar refractivity (Wildman–Crippen MR) is 230 cm³/mol. The highest BCUT2D eigenvalue weighted by atomic mass is 32.2. The Morgan fingerprint density at radius 1 is 0.492 bits per heavy atom. The van der Waals surface area contributed by atoms with Crippen LogP contribution in [-0.4, -0.2) is 64.3 Å². The molecule has 0 N–H and O–H groups in total. The highest BCUT2D eigenvalue weighted by Crippen LogP contribution is 2.40. The number of Topliss-reactive ketones (excluding diaryl/α,β-unsaturated/α-hetero) is 2. The van der Waals surface area contributed by atoms with E-state index in [1.54, 1.807) is 66.7 Å². The number of rotatable bonds is 11. The summed E-state index contributed by atoms with van der Waals surface area (Å²) in [5, 5.41) is 3.85. The second-order valence-electron chi connectivity index (χ2n) is 14.1. The van der Waals surface area contributed by atoms with Gasteiger partial charge in [0.05, 0.1) is 23.0 Å². The molecule has 0 atom stereocenters. The highest BCUT2D eigenvalue weighted by molar-refractivity contribution is 7.89. The largest absolute Gasteiger partial charge is 0.491 e. The first-order valence-electron chi connectivity index (χ1n) is 19.4. The molecular weight excluding hydrogens is 785 g/mol. The number of likely N-dealkylation sites (N-methyl/N-ethyl adjacent to an activating group) is 2. The number of allylic oxidation sites excluding steroid dienone is 2. The van der Waals surface area contributed by atoms with E-state index in [1.807, 2.05) is 74.5 Å².